The summed E-state index contributed by atoms with van der Waals surface area (Å²) in [6.07, 6.45) is 3.32. The minimum absolute atomic E-state index is 0.322. The first-order valence-corrected chi connectivity index (χ1v) is 10.7. The lowest BCUT2D eigenvalue weighted by atomic mass is 9.97. The van der Waals surface area contributed by atoms with E-state index in [1.54, 1.807) is 7.11 Å². The van der Waals surface area contributed by atoms with E-state index in [4.69, 9.17) is 9.73 Å². The second-order valence-corrected chi connectivity index (χ2v) is 8.01. The summed E-state index contributed by atoms with van der Waals surface area (Å²) < 4.78 is 5.31. The molecule has 2 aliphatic heterocycles. The zero-order valence-corrected chi connectivity index (χ0v) is 17.4. The Morgan fingerprint density at radius 2 is 1.86 bits per heavy atom. The first kappa shape index (κ1) is 20.9. The van der Waals surface area contributed by atoms with Crippen LogP contribution in [0.2, 0.25) is 0 Å². The molecule has 2 aliphatic rings. The lowest BCUT2D eigenvalue weighted by Gasteiger charge is -2.32. The molecule has 0 bridgehead atoms. The summed E-state index contributed by atoms with van der Waals surface area (Å²) in [6, 6.07) is 8.81. The number of nitrogens with one attached hydrogen (secondary N) is 1. The van der Waals surface area contributed by atoms with Gasteiger partial charge in [-0.05, 0) is 49.8 Å². The molecule has 0 saturated carbocycles. The van der Waals surface area contributed by atoms with Crippen molar-refractivity contribution in [1.29, 1.82) is 0 Å². The van der Waals surface area contributed by atoms with E-state index in [0.717, 1.165) is 58.1 Å². The minimum Gasteiger partial charge on any atom is -0.396 e. The van der Waals surface area contributed by atoms with E-state index in [1.807, 2.05) is 0 Å². The first-order chi connectivity index (χ1) is 13.7. The number of nitrogens with zero attached hydrogens (tertiary/aromatic N) is 3. The van der Waals surface area contributed by atoms with Crippen LogP contribution in [-0.2, 0) is 11.3 Å². The SMILES string of the molecule is CCNC(=NCc1ccc(N2CCC(CO)CC2)cc1)N1CCC(COC)C1. The average Bonchev–Trinajstić information content (AvgIpc) is 3.20. The van der Waals surface area contributed by atoms with Crippen molar-refractivity contribution >= 4 is 11.6 Å². The van der Waals surface area contributed by atoms with Crippen molar-refractivity contribution in [1.82, 2.24) is 10.2 Å². The van der Waals surface area contributed by atoms with Crippen LogP contribution in [0.4, 0.5) is 5.69 Å². The molecule has 1 atom stereocenters. The molecule has 2 heterocycles. The molecule has 3 rings (SSSR count). The summed E-state index contributed by atoms with van der Waals surface area (Å²) in [6.45, 7) is 8.97. The maximum Gasteiger partial charge on any atom is 0.194 e. The number of ether oxygens (including phenoxy) is 1. The van der Waals surface area contributed by atoms with Crippen molar-refractivity contribution < 1.29 is 9.84 Å². The molecular formula is C22H36N4O2. The van der Waals surface area contributed by atoms with Crippen LogP contribution in [0.15, 0.2) is 29.3 Å². The van der Waals surface area contributed by atoms with Gasteiger partial charge in [-0.1, -0.05) is 12.1 Å². The molecule has 1 aromatic rings. The summed E-state index contributed by atoms with van der Waals surface area (Å²) >= 11 is 0. The van der Waals surface area contributed by atoms with Gasteiger partial charge in [-0.15, -0.1) is 0 Å². The first-order valence-electron chi connectivity index (χ1n) is 10.7. The Morgan fingerprint density at radius 3 is 2.50 bits per heavy atom. The van der Waals surface area contributed by atoms with Crippen LogP contribution in [0.3, 0.4) is 0 Å². The molecule has 156 valence electrons. The number of likely N-dealkylation sites (tertiary alicyclic amines) is 1. The molecule has 6 nitrogen and oxygen atoms in total. The molecule has 6 heteroatoms. The predicted octanol–water partition coefficient (Wildman–Crippen LogP) is 2.33. The zero-order chi connectivity index (χ0) is 19.8. The molecule has 2 fully saturated rings. The van der Waals surface area contributed by atoms with Crippen molar-refractivity contribution in [3.63, 3.8) is 0 Å². The van der Waals surface area contributed by atoms with E-state index in [0.29, 0.717) is 25.0 Å². The fraction of sp³-hybridized carbons (Fsp3) is 0.682. The largest absolute Gasteiger partial charge is 0.396 e. The quantitative estimate of drug-likeness (QED) is 0.555. The number of aliphatic imine (C=N–C) groups is 1. The number of methoxy groups -OCH3 is 1. The molecule has 0 aromatic heterocycles. The number of hydrogen-bond acceptors (Lipinski definition) is 4. The number of aliphatic hydroxyl groups is 1. The smallest absolute Gasteiger partial charge is 0.194 e. The Hall–Kier alpha value is -1.79. The van der Waals surface area contributed by atoms with Crippen LogP contribution in [-0.4, -0.2) is 69.0 Å². The Kier molecular flexibility index (Phi) is 7.98. The van der Waals surface area contributed by atoms with Gasteiger partial charge in [0.05, 0.1) is 13.2 Å². The highest BCUT2D eigenvalue weighted by Crippen LogP contribution is 2.23. The lowest BCUT2D eigenvalue weighted by Crippen LogP contribution is -2.40. The van der Waals surface area contributed by atoms with Gasteiger partial charge in [-0.3, -0.25) is 0 Å². The van der Waals surface area contributed by atoms with Gasteiger partial charge in [0.1, 0.15) is 0 Å². The zero-order valence-electron chi connectivity index (χ0n) is 17.4. The lowest BCUT2D eigenvalue weighted by molar-refractivity contribution is 0.157. The highest BCUT2D eigenvalue weighted by Gasteiger charge is 2.24. The minimum atomic E-state index is 0.322. The molecule has 0 spiro atoms. The fourth-order valence-corrected chi connectivity index (χ4v) is 4.17. The molecule has 2 saturated heterocycles. The maximum atomic E-state index is 9.30. The maximum absolute atomic E-state index is 9.30. The molecule has 28 heavy (non-hydrogen) atoms. The van der Waals surface area contributed by atoms with Crippen LogP contribution in [0.5, 0.6) is 0 Å². The van der Waals surface area contributed by atoms with Gasteiger partial charge in [-0.25, -0.2) is 4.99 Å². The standard InChI is InChI=1S/C22H36N4O2/c1-3-23-22(26-13-10-20(15-26)17-28-2)24-14-18-4-6-21(7-5-18)25-11-8-19(16-27)9-12-25/h4-7,19-20,27H,3,8-17H2,1-2H3,(H,23,24). The van der Waals surface area contributed by atoms with E-state index in [9.17, 15) is 5.11 Å². The van der Waals surface area contributed by atoms with Gasteiger partial charge in [-0.2, -0.15) is 0 Å². The second-order valence-electron chi connectivity index (χ2n) is 8.01. The Balaban J connectivity index is 1.56. The van der Waals surface area contributed by atoms with Crippen LogP contribution in [0.1, 0.15) is 31.7 Å². The van der Waals surface area contributed by atoms with Gasteiger partial charge in [0, 0.05) is 58.0 Å². The number of anilines is 1. The fourth-order valence-electron chi connectivity index (χ4n) is 4.17. The van der Waals surface area contributed by atoms with Crippen molar-refractivity contribution in [3.05, 3.63) is 29.8 Å². The van der Waals surface area contributed by atoms with Crippen LogP contribution < -0.4 is 10.2 Å². The van der Waals surface area contributed by atoms with Crippen molar-refractivity contribution in [3.8, 4) is 0 Å². The number of hydrogen-bond donors (Lipinski definition) is 2. The van der Waals surface area contributed by atoms with Crippen molar-refractivity contribution in [2.45, 2.75) is 32.7 Å². The van der Waals surface area contributed by atoms with Crippen LogP contribution >= 0.6 is 0 Å². The summed E-state index contributed by atoms with van der Waals surface area (Å²) in [5.41, 5.74) is 2.51. The van der Waals surface area contributed by atoms with Gasteiger partial charge in [0.25, 0.3) is 0 Å². The highest BCUT2D eigenvalue weighted by atomic mass is 16.5. The Labute approximate surface area is 169 Å². The third kappa shape index (κ3) is 5.61. The summed E-state index contributed by atoms with van der Waals surface area (Å²) in [7, 11) is 1.78. The van der Waals surface area contributed by atoms with Crippen LogP contribution in [0.25, 0.3) is 0 Å². The molecular weight excluding hydrogens is 352 g/mol. The van der Waals surface area contributed by atoms with Gasteiger partial charge < -0.3 is 25.0 Å². The predicted molar refractivity (Wildman–Crippen MR) is 115 cm³/mol. The third-order valence-corrected chi connectivity index (χ3v) is 5.91. The Morgan fingerprint density at radius 1 is 1.14 bits per heavy atom. The molecule has 0 aliphatic carbocycles. The molecule has 1 unspecified atom stereocenters. The normalized spacial score (nSPS) is 21.4. The Bertz CT molecular complexity index is 611. The van der Waals surface area contributed by atoms with Crippen molar-refractivity contribution in [2.24, 2.45) is 16.8 Å². The summed E-state index contributed by atoms with van der Waals surface area (Å²) in [5, 5.41) is 12.7. The monoisotopic (exact) mass is 388 g/mol. The summed E-state index contributed by atoms with van der Waals surface area (Å²) in [5.74, 6) is 2.09. The number of guanidine groups is 1. The van der Waals surface area contributed by atoms with Crippen LogP contribution in [0, 0.1) is 11.8 Å². The number of benzene rings is 1. The van der Waals surface area contributed by atoms with Gasteiger partial charge >= 0.3 is 0 Å². The van der Waals surface area contributed by atoms with E-state index in [2.05, 4.69) is 46.3 Å². The molecule has 1 aromatic carbocycles. The topological polar surface area (TPSA) is 60.3 Å². The van der Waals surface area contributed by atoms with E-state index in [-0.39, 0.29) is 0 Å². The second kappa shape index (κ2) is 10.7. The highest BCUT2D eigenvalue weighted by molar-refractivity contribution is 5.80. The molecule has 2 N–H and O–H groups in total. The van der Waals surface area contributed by atoms with Crippen molar-refractivity contribution in [2.75, 3.05) is 57.9 Å². The van der Waals surface area contributed by atoms with E-state index in [1.165, 1.54) is 17.7 Å². The van der Waals surface area contributed by atoms with E-state index < -0.39 is 0 Å². The number of aliphatic hydroxyl groups excluding tert-OH is 1. The molecule has 0 radical (unpaired) electrons. The van der Waals surface area contributed by atoms with Gasteiger partial charge in [0.2, 0.25) is 0 Å². The molecule has 0 amide bonds. The van der Waals surface area contributed by atoms with E-state index >= 15 is 0 Å². The summed E-state index contributed by atoms with van der Waals surface area (Å²) in [4.78, 5) is 9.65. The number of rotatable bonds is 7. The number of piperidine rings is 1. The van der Waals surface area contributed by atoms with Gasteiger partial charge in [0.15, 0.2) is 5.96 Å². The average molecular weight is 389 g/mol. The third-order valence-electron chi connectivity index (χ3n) is 5.91.